The average molecular weight is 1090 g/mol. The van der Waals surface area contributed by atoms with Gasteiger partial charge in [0.05, 0.1) is 72.1 Å². The highest BCUT2D eigenvalue weighted by Crippen LogP contribution is 2.53. The first-order valence-corrected chi connectivity index (χ1v) is 25.8. The number of nitrogen functional groups attached to an aromatic ring is 2. The molecule has 0 aliphatic carbocycles. The van der Waals surface area contributed by atoms with E-state index >= 15 is 0 Å². The van der Waals surface area contributed by atoms with Crippen LogP contribution in [0, 0.1) is 0 Å². The van der Waals surface area contributed by atoms with Crippen molar-refractivity contribution in [2.45, 2.75) is 74.7 Å². The van der Waals surface area contributed by atoms with E-state index in [9.17, 15) is 52.8 Å². The monoisotopic (exact) mass is 1090 g/mol. The second-order valence-electron chi connectivity index (χ2n) is 16.7. The number of fused-ring (bicyclic) bond motifs is 4. The molecule has 8 heterocycles. The minimum Gasteiger partial charge on any atom is -0.386 e. The highest BCUT2D eigenvalue weighted by atomic mass is 31.2. The average Bonchev–Trinajstić information content (AvgIpc) is 4.16. The zero-order valence-corrected chi connectivity index (χ0v) is 40.7. The number of H-pyrrole nitrogens is 2. The molecule has 3 amide bonds. The van der Waals surface area contributed by atoms with Crippen molar-refractivity contribution in [3.63, 3.8) is 0 Å². The first kappa shape index (κ1) is 54.5. The van der Waals surface area contributed by atoms with Gasteiger partial charge in [-0.2, -0.15) is 9.97 Å². The molecule has 4 unspecified atom stereocenters. The van der Waals surface area contributed by atoms with Crippen molar-refractivity contribution in [1.29, 1.82) is 0 Å². The van der Waals surface area contributed by atoms with Gasteiger partial charge in [0.2, 0.25) is 17.8 Å². The smallest absolute Gasteiger partial charge is 0.386 e. The second kappa shape index (κ2) is 23.9. The molecule has 8 rings (SSSR count). The van der Waals surface area contributed by atoms with Crippen LogP contribution in [0.4, 0.5) is 11.9 Å². The largest absolute Gasteiger partial charge is 0.472 e. The first-order valence-electron chi connectivity index (χ1n) is 22.8. The Morgan fingerprint density at radius 3 is 1.76 bits per heavy atom. The molecule has 10 N–H and O–H groups in total. The molecule has 33 nitrogen and oxygen atoms in total. The van der Waals surface area contributed by atoms with Crippen LogP contribution in [-0.4, -0.2) is 192 Å². The predicted molar refractivity (Wildman–Crippen MR) is 245 cm³/mol. The van der Waals surface area contributed by atoms with Gasteiger partial charge >= 0.3 is 15.6 Å². The van der Waals surface area contributed by atoms with Gasteiger partial charge in [-0.3, -0.25) is 70.9 Å². The number of Topliss-reactive ketones (excluding diaryl/α,β-unsaturated/α-hetero) is 1. The van der Waals surface area contributed by atoms with E-state index in [1.165, 1.54) is 16.7 Å². The Morgan fingerprint density at radius 1 is 0.703 bits per heavy atom. The van der Waals surface area contributed by atoms with Gasteiger partial charge < -0.3 is 60.1 Å². The number of aromatic nitrogens is 8. The normalized spacial score (nSPS) is 28.4. The van der Waals surface area contributed by atoms with Crippen LogP contribution in [0.2, 0.25) is 0 Å². The van der Waals surface area contributed by atoms with Gasteiger partial charge in [0.1, 0.15) is 42.3 Å². The van der Waals surface area contributed by atoms with E-state index in [2.05, 4.69) is 35.2 Å². The lowest BCUT2D eigenvalue weighted by molar-refractivity contribution is -0.137. The number of nitrogens with two attached hydrogens (primary N) is 2. The maximum atomic E-state index is 13.8. The molecule has 0 bridgehead atoms. The lowest BCUT2D eigenvalue weighted by Crippen LogP contribution is -2.48. The summed E-state index contributed by atoms with van der Waals surface area (Å²) in [6.45, 7) is -0.415. The number of ketones is 1. The highest BCUT2D eigenvalue weighted by Gasteiger charge is 2.54. The van der Waals surface area contributed by atoms with Crippen LogP contribution in [0.1, 0.15) is 38.1 Å². The van der Waals surface area contributed by atoms with E-state index in [1.807, 2.05) is 0 Å². The van der Waals surface area contributed by atoms with E-state index in [1.54, 1.807) is 0 Å². The molecule has 35 heteroatoms. The number of phosphoric ester groups is 2. The Balaban J connectivity index is 0.827. The molecule has 3 saturated heterocycles. The summed E-state index contributed by atoms with van der Waals surface area (Å²) in [6, 6.07) is -1.49. The summed E-state index contributed by atoms with van der Waals surface area (Å²) >= 11 is 0. The molecule has 4 aliphatic heterocycles. The number of carbonyl (C=O) groups excluding carboxylic acids is 4. The first-order chi connectivity index (χ1) is 35.4. The number of phosphoric acid groups is 2. The molecule has 0 spiro atoms. The van der Waals surface area contributed by atoms with Crippen molar-refractivity contribution in [2.75, 3.05) is 84.1 Å². The number of hydrogen-bond acceptors (Lipinski definition) is 25. The topological polar surface area (TPSA) is 450 Å². The van der Waals surface area contributed by atoms with Crippen LogP contribution in [-0.2, 0) is 74.8 Å². The Morgan fingerprint density at radius 2 is 1.19 bits per heavy atom. The van der Waals surface area contributed by atoms with Crippen molar-refractivity contribution in [1.82, 2.24) is 49.3 Å². The summed E-state index contributed by atoms with van der Waals surface area (Å²) in [5, 5.41) is 14.0. The van der Waals surface area contributed by atoms with Gasteiger partial charge in [0.25, 0.3) is 22.9 Å². The number of aliphatic hydroxyl groups excluding tert-OH is 1. The van der Waals surface area contributed by atoms with Crippen LogP contribution in [0.25, 0.3) is 22.3 Å². The number of anilines is 2. The number of imidazole rings is 2. The van der Waals surface area contributed by atoms with Gasteiger partial charge in [0, 0.05) is 44.6 Å². The van der Waals surface area contributed by atoms with Gasteiger partial charge in [0.15, 0.2) is 34.8 Å². The predicted octanol–water partition coefficient (Wildman–Crippen LogP) is -2.80. The minimum atomic E-state index is -5.28. The minimum absolute atomic E-state index is 0.0466. The van der Waals surface area contributed by atoms with Crippen LogP contribution >= 0.6 is 15.6 Å². The molecular formula is C39H52N12O21P2. The Hall–Kier alpha value is -5.74. The van der Waals surface area contributed by atoms with Crippen LogP contribution in [0.15, 0.2) is 34.4 Å². The molecule has 3 fully saturated rings. The number of rotatable bonds is 22. The number of nitrogens with zero attached hydrogens (tertiary/aromatic N) is 7. The fourth-order valence-corrected chi connectivity index (χ4v) is 10.1. The third kappa shape index (κ3) is 13.2. The summed E-state index contributed by atoms with van der Waals surface area (Å²) in [5.74, 6) is -2.28. The zero-order valence-electron chi connectivity index (χ0n) is 38.9. The van der Waals surface area contributed by atoms with Crippen molar-refractivity contribution in [3.8, 4) is 0 Å². The standard InChI is InChI=1S/C39H52N12O21P2/c40-38-45-32-27(34(57)47-38)42-18-50(32)36-26(44-23(53)6-9-64-11-13-66-15-14-65-12-10-63-8-1-2-20(52)5-7-49-24(54)3-4-25(49)55)30-21(69-36)16-67-74(61,62)72-31-22(17-68-73(59,60)71-30)70-37(29(31)56)51-19-43-28-33(51)46-39(41)48-35(28)58/h3-4,18-19,21-22,26,29-31,36-37,56H,1-2,5-17H2,(H,44,53)(H,59,60)(H,61,62)(H3,40,45,47,57)(H3,41,46,48,58)/t21-,22-,26+,29?,30?,31+,36-,37-/m1/s1. The lowest BCUT2D eigenvalue weighted by atomic mass is 10.1. The summed E-state index contributed by atoms with van der Waals surface area (Å²) < 4.78 is 85.3. The Bertz CT molecular complexity index is 2930. The number of amides is 3. The number of aromatic amines is 2. The van der Waals surface area contributed by atoms with E-state index in [4.69, 9.17) is 58.0 Å². The van der Waals surface area contributed by atoms with E-state index < -0.39 is 107 Å². The number of nitrogens with one attached hydrogen (secondary N) is 3. The van der Waals surface area contributed by atoms with E-state index in [0.29, 0.717) is 13.0 Å². The van der Waals surface area contributed by atoms with Gasteiger partial charge in [-0.25, -0.2) is 19.1 Å². The summed E-state index contributed by atoms with van der Waals surface area (Å²) in [4.78, 5) is 118. The van der Waals surface area contributed by atoms with E-state index in [-0.39, 0.29) is 112 Å². The fourth-order valence-electron chi connectivity index (χ4n) is 8.14. The van der Waals surface area contributed by atoms with E-state index in [0.717, 1.165) is 22.1 Å². The number of carbonyl (C=O) groups is 4. The lowest BCUT2D eigenvalue weighted by Gasteiger charge is -2.29. The number of hydrogen-bond donors (Lipinski definition) is 8. The molecule has 0 saturated carbocycles. The number of imide groups is 1. The molecule has 4 aromatic rings. The van der Waals surface area contributed by atoms with Crippen molar-refractivity contribution in [2.24, 2.45) is 0 Å². The van der Waals surface area contributed by atoms with Gasteiger partial charge in [-0.1, -0.05) is 0 Å². The van der Waals surface area contributed by atoms with Crippen LogP contribution in [0.3, 0.4) is 0 Å². The van der Waals surface area contributed by atoms with Crippen LogP contribution in [0.5, 0.6) is 0 Å². The third-order valence-corrected chi connectivity index (χ3v) is 13.6. The molecule has 4 aliphatic rings. The summed E-state index contributed by atoms with van der Waals surface area (Å²) in [5.41, 5.74) is 9.34. The van der Waals surface area contributed by atoms with Crippen molar-refractivity contribution < 1.29 is 89.7 Å². The maximum Gasteiger partial charge on any atom is 0.472 e. The van der Waals surface area contributed by atoms with Crippen molar-refractivity contribution >= 4 is 73.4 Å². The summed E-state index contributed by atoms with van der Waals surface area (Å²) in [7, 11) is -10.5. The van der Waals surface area contributed by atoms with Crippen molar-refractivity contribution in [3.05, 3.63) is 45.5 Å². The summed E-state index contributed by atoms with van der Waals surface area (Å²) in [6.07, 6.45) is -6.58. The molecule has 10 atom stereocenters. The Kier molecular flexibility index (Phi) is 17.6. The molecule has 0 radical (unpaired) electrons. The number of ether oxygens (including phenoxy) is 6. The second-order valence-corrected chi connectivity index (χ2v) is 19.5. The molecular weight excluding hydrogens is 1030 g/mol. The molecule has 4 aromatic heterocycles. The SMILES string of the molecule is Nc1nc2c(ncn2[C@@H]2O[C@@H]3COP(=O)(O)OC4[C@@H](COP(=O)(O)O[C@@H]3C2O)O[C@@H](n2cnc3c(=O)[nH]c(N)nc32)[C@H]4NC(=O)CCOCCOCCOCCOCCCC(=O)CCN2C(=O)C=CC2=O)c(=O)[nH]1. The maximum absolute atomic E-state index is 13.8. The fraction of sp³-hybridized carbons (Fsp3) is 0.590. The molecule has 0 aromatic carbocycles. The quantitative estimate of drug-likeness (QED) is 0.0224. The van der Waals surface area contributed by atoms with Gasteiger partial charge in [-0.05, 0) is 6.42 Å². The molecule has 404 valence electrons. The van der Waals surface area contributed by atoms with Gasteiger partial charge in [-0.15, -0.1) is 0 Å². The van der Waals surface area contributed by atoms with Crippen LogP contribution < -0.4 is 27.9 Å². The highest BCUT2D eigenvalue weighted by molar-refractivity contribution is 7.47. The molecule has 74 heavy (non-hydrogen) atoms. The zero-order chi connectivity index (χ0) is 52.7. The third-order valence-electron chi connectivity index (χ3n) is 11.6. The Labute approximate surface area is 415 Å². The number of aliphatic hydroxyl groups is 1.